The normalized spacial score (nSPS) is 9.85. The molecular formula is C12H10S. The minimum atomic E-state index is 1.29. The average molecular weight is 157 g/mol. The third-order valence-corrected chi connectivity index (χ3v) is 2.74. The average Bonchev–Trinajstić information content (AvgIpc) is 2.21. The summed E-state index contributed by atoms with van der Waals surface area (Å²) in [5.74, 6) is 0. The maximum absolute atomic E-state index is 2.12. The zero-order valence-electron chi connectivity index (χ0n) is 7.18. The van der Waals surface area contributed by atoms with E-state index in [4.69, 9.17) is 0 Å². The van der Waals surface area contributed by atoms with Crippen LogP contribution in [0.4, 0.5) is 0 Å². The number of hydrogen-bond acceptors (Lipinski definition) is 1. The molecule has 0 N–H and O–H groups in total. The van der Waals surface area contributed by atoms with E-state index in [9.17, 15) is 0 Å². The molecule has 0 radical (unpaired) electrons. The Morgan fingerprint density at radius 1 is 0.538 bits per heavy atom. The van der Waals surface area contributed by atoms with Crippen molar-refractivity contribution in [3.05, 3.63) is 60.7 Å². The molecule has 0 aliphatic rings. The van der Waals surface area contributed by atoms with Gasteiger partial charge in [-0.2, -0.15) is 0 Å². The molecule has 2 aromatic carbocycles. The molecule has 0 nitrogen and oxygen atoms in total. The summed E-state index contributed by atoms with van der Waals surface area (Å²) >= 11 is 1.79. The third kappa shape index (κ3) is 2.36. The molecule has 0 fully saturated rings. The second-order valence-corrected chi connectivity index (χ2v) is 3.88. The van der Waals surface area contributed by atoms with Crippen molar-refractivity contribution in [2.24, 2.45) is 0 Å². The van der Waals surface area contributed by atoms with Crippen molar-refractivity contribution in [1.82, 2.24) is 0 Å². The molecule has 0 aliphatic heterocycles. The van der Waals surface area contributed by atoms with Gasteiger partial charge in [0.05, 0.1) is 0 Å². The highest BCUT2D eigenvalue weighted by molar-refractivity contribution is 7.99. The molecule has 0 unspecified atom stereocenters. The van der Waals surface area contributed by atoms with Crippen molar-refractivity contribution in [1.29, 1.82) is 0 Å². The largest absolute Gasteiger partial charge is 0.0901 e. The lowest BCUT2D eigenvalue weighted by Crippen LogP contribution is -1.70. The Morgan fingerprint density at radius 3 is 1.31 bits per heavy atom. The first kappa shape index (κ1) is 8.39. The zero-order chi connectivity index (χ0) is 8.93. The van der Waals surface area contributed by atoms with Crippen molar-refractivity contribution >= 4 is 11.8 Å². The topological polar surface area (TPSA) is 0 Å². The smallest absolute Gasteiger partial charge is 0.0122 e. The highest BCUT2D eigenvalue weighted by Crippen LogP contribution is 2.26. The Bertz CT molecular complexity index is 316. The maximum Gasteiger partial charge on any atom is 0.0122 e. The molecule has 0 spiro atoms. The first-order valence-electron chi connectivity index (χ1n) is 4.23. The predicted molar refractivity (Wildman–Crippen MR) is 57.0 cm³/mol. The van der Waals surface area contributed by atoms with Gasteiger partial charge in [0, 0.05) is 9.79 Å². The van der Waals surface area contributed by atoms with Crippen LogP contribution in [0.3, 0.4) is 0 Å². The van der Waals surface area contributed by atoms with Crippen molar-refractivity contribution in [2.75, 3.05) is 0 Å². The second-order valence-electron chi connectivity index (χ2n) is 2.73. The number of benzene rings is 2. The van der Waals surface area contributed by atoms with Crippen molar-refractivity contribution in [3.63, 3.8) is 0 Å². The van der Waals surface area contributed by atoms with Gasteiger partial charge in [0.2, 0.25) is 0 Å². The summed E-state index contributed by atoms with van der Waals surface area (Å²) in [6, 6.07) is 20.8. The summed E-state index contributed by atoms with van der Waals surface area (Å²) in [5.41, 5.74) is 0. The Morgan fingerprint density at radius 2 is 0.923 bits per heavy atom. The molecule has 2 rings (SSSR count). The first-order valence-corrected chi connectivity index (χ1v) is 5.05. The van der Waals surface area contributed by atoms with Gasteiger partial charge in [-0.3, -0.25) is 0 Å². The van der Waals surface area contributed by atoms with Crippen LogP contribution in [0.5, 0.6) is 0 Å². The van der Waals surface area contributed by atoms with Crippen LogP contribution in [0, 0.1) is 0 Å². The number of rotatable bonds is 2. The van der Waals surface area contributed by atoms with Gasteiger partial charge in [-0.05, 0) is 24.3 Å². The van der Waals surface area contributed by atoms with E-state index in [0.717, 1.165) is 0 Å². The SMILES string of the molecule is c1ccc([3S]c2ccccc2)cc1. The quantitative estimate of drug-likeness (QED) is 0.638. The van der Waals surface area contributed by atoms with Crippen LogP contribution in [0.1, 0.15) is 0 Å². The predicted octanol–water partition coefficient (Wildman–Crippen LogP) is 3.84. The fourth-order valence-corrected chi connectivity index (χ4v) is 1.97. The van der Waals surface area contributed by atoms with Crippen LogP contribution in [0.2, 0.25) is 0 Å². The molecule has 0 aliphatic carbocycles. The fraction of sp³-hybridized carbons (Fsp3) is 0. The van der Waals surface area contributed by atoms with Gasteiger partial charge in [-0.25, -0.2) is 0 Å². The summed E-state index contributed by atoms with van der Waals surface area (Å²) in [4.78, 5) is 2.57. The molecule has 0 saturated heterocycles. The number of hydrogen-bond donors (Lipinski definition) is 0. The van der Waals surface area contributed by atoms with Gasteiger partial charge in [0.15, 0.2) is 0 Å². The summed E-state index contributed by atoms with van der Waals surface area (Å²) in [6.45, 7) is 0. The minimum Gasteiger partial charge on any atom is -0.0901 e. The Kier molecular flexibility index (Phi) is 2.68. The Labute approximate surface area is 82.6 Å². The third-order valence-electron chi connectivity index (χ3n) is 1.72. The van der Waals surface area contributed by atoms with E-state index in [-0.39, 0.29) is 0 Å². The van der Waals surface area contributed by atoms with Crippen LogP contribution < -0.4 is 0 Å². The maximum atomic E-state index is 2.12. The zero-order valence-corrected chi connectivity index (χ0v) is 8.00. The lowest BCUT2D eigenvalue weighted by molar-refractivity contribution is 1.41. The monoisotopic (exact) mass is 157 g/mol. The van der Waals surface area contributed by atoms with Crippen LogP contribution in [-0.4, -0.2) is 0 Å². The van der Waals surface area contributed by atoms with E-state index in [1.54, 1.807) is 11.8 Å². The van der Waals surface area contributed by atoms with Gasteiger partial charge < -0.3 is 0 Å². The second kappa shape index (κ2) is 4.15. The van der Waals surface area contributed by atoms with Gasteiger partial charge in [0.25, 0.3) is 0 Å². The highest BCUT2D eigenvalue weighted by Gasteiger charge is 1.93. The molecule has 0 aromatic heterocycles. The van der Waals surface area contributed by atoms with Crippen molar-refractivity contribution in [3.8, 4) is 0 Å². The molecule has 64 valence electrons. The summed E-state index contributed by atoms with van der Waals surface area (Å²) in [6.07, 6.45) is 0. The molecule has 2 aromatic rings. The van der Waals surface area contributed by atoms with Gasteiger partial charge in [-0.1, -0.05) is 48.2 Å². The van der Waals surface area contributed by atoms with Crippen molar-refractivity contribution < 1.29 is 0 Å². The van der Waals surface area contributed by atoms with Gasteiger partial charge in [0.1, 0.15) is 0 Å². The van der Waals surface area contributed by atoms with E-state index in [0.29, 0.717) is 0 Å². The van der Waals surface area contributed by atoms with Crippen LogP contribution in [-0.2, 0) is 0 Å². The summed E-state index contributed by atoms with van der Waals surface area (Å²) in [7, 11) is 0. The van der Waals surface area contributed by atoms with E-state index in [1.165, 1.54) is 9.79 Å². The summed E-state index contributed by atoms with van der Waals surface area (Å²) < 4.78 is 0. The molecule has 0 amide bonds. The summed E-state index contributed by atoms with van der Waals surface area (Å²) in [5, 5.41) is 0. The molecule has 0 bridgehead atoms. The lowest BCUT2D eigenvalue weighted by atomic mass is 2.78. The van der Waals surface area contributed by atoms with Crippen LogP contribution >= 0.6 is 11.8 Å². The van der Waals surface area contributed by atoms with Crippen LogP contribution in [0.15, 0.2) is 70.5 Å². The standard InChI is InChI=1S/C12H10S/c1-3-7-11(8-4-1)13-12-9-5-2-6-10-12/h1-10H/i13-29. The molecule has 0 atom stereocenters. The van der Waals surface area contributed by atoms with E-state index >= 15 is 0 Å². The highest BCUT2D eigenvalue weighted by atomic mass is 13.7. The van der Waals surface area contributed by atoms with Gasteiger partial charge >= 0.3 is 0 Å². The fourth-order valence-electron chi connectivity index (χ4n) is 1.11. The lowest BCUT2D eigenvalue weighted by Gasteiger charge is -1.99. The Balaban J connectivity index is 2.16. The molecule has 0 heterocycles. The van der Waals surface area contributed by atoms with Crippen LogP contribution in [0.25, 0.3) is 0 Å². The molecular weight excluding hydrogens is 147 g/mol. The van der Waals surface area contributed by atoms with Crippen molar-refractivity contribution in [2.45, 2.75) is 9.79 Å². The van der Waals surface area contributed by atoms with E-state index < -0.39 is 0 Å². The van der Waals surface area contributed by atoms with E-state index in [2.05, 4.69) is 48.5 Å². The molecule has 1 heteroatoms. The van der Waals surface area contributed by atoms with Gasteiger partial charge in [-0.15, -0.1) is 0 Å². The Hall–Kier alpha value is -1.21. The first-order chi connectivity index (χ1) is 6.45. The molecule has 13 heavy (non-hydrogen) atoms. The molecule has 0 saturated carbocycles. The minimum absolute atomic E-state index is 1.29. The van der Waals surface area contributed by atoms with E-state index in [1.807, 2.05) is 12.1 Å².